The van der Waals surface area contributed by atoms with Gasteiger partial charge in [0.2, 0.25) is 0 Å². The van der Waals surface area contributed by atoms with Crippen molar-refractivity contribution in [3.05, 3.63) is 70.3 Å². The van der Waals surface area contributed by atoms with Gasteiger partial charge >= 0.3 is 0 Å². The van der Waals surface area contributed by atoms with Gasteiger partial charge in [0.1, 0.15) is 11.5 Å². The fraction of sp³-hybridized carbons (Fsp3) is 0.448. The molecule has 0 spiro atoms. The second-order valence-corrected chi connectivity index (χ2v) is 9.88. The van der Waals surface area contributed by atoms with Gasteiger partial charge in [-0.25, -0.2) is 0 Å². The van der Waals surface area contributed by atoms with Gasteiger partial charge < -0.3 is 19.5 Å². The molecule has 6 heteroatoms. The molecule has 1 atom stereocenters. The predicted octanol–water partition coefficient (Wildman–Crippen LogP) is 5.75. The van der Waals surface area contributed by atoms with Crippen molar-refractivity contribution < 1.29 is 24.2 Å². The average molecular weight is 480 g/mol. The molecule has 0 saturated carbocycles. The molecule has 1 N–H and O–H groups in total. The molecule has 1 amide bonds. The van der Waals surface area contributed by atoms with Crippen molar-refractivity contribution in [2.45, 2.75) is 72.6 Å². The maximum absolute atomic E-state index is 13.2. The molecular formula is C29H37NO5. The molecule has 0 radical (unpaired) electrons. The fourth-order valence-electron chi connectivity index (χ4n) is 4.25. The Balaban J connectivity index is 2.08. The number of ketones is 1. The first-order valence-corrected chi connectivity index (χ1v) is 12.3. The second-order valence-electron chi connectivity index (χ2n) is 9.88. The fourth-order valence-corrected chi connectivity index (χ4v) is 4.25. The Morgan fingerprint density at radius 1 is 0.971 bits per heavy atom. The van der Waals surface area contributed by atoms with Gasteiger partial charge in [-0.2, -0.15) is 0 Å². The van der Waals surface area contributed by atoms with Crippen molar-refractivity contribution in [3.63, 3.8) is 0 Å². The smallest absolute Gasteiger partial charge is 0.295 e. The number of hydrogen-bond donors (Lipinski definition) is 1. The van der Waals surface area contributed by atoms with Gasteiger partial charge in [-0.1, -0.05) is 38.1 Å². The van der Waals surface area contributed by atoms with Gasteiger partial charge in [-0.05, 0) is 75.4 Å². The number of likely N-dealkylation sites (tertiary alicyclic amines) is 1. The van der Waals surface area contributed by atoms with Crippen LogP contribution in [-0.4, -0.2) is 47.1 Å². The van der Waals surface area contributed by atoms with Crippen molar-refractivity contribution in [2.75, 3.05) is 13.2 Å². The molecule has 188 valence electrons. The van der Waals surface area contributed by atoms with Crippen molar-refractivity contribution in [2.24, 2.45) is 0 Å². The van der Waals surface area contributed by atoms with Gasteiger partial charge in [-0.15, -0.1) is 0 Å². The molecule has 2 aromatic carbocycles. The Labute approximate surface area is 208 Å². The van der Waals surface area contributed by atoms with E-state index in [9.17, 15) is 14.7 Å². The largest absolute Gasteiger partial charge is 0.507 e. The molecule has 1 saturated heterocycles. The summed E-state index contributed by atoms with van der Waals surface area (Å²) in [7, 11) is 0. The monoisotopic (exact) mass is 479 g/mol. The minimum atomic E-state index is -0.695. The maximum atomic E-state index is 13.2. The van der Waals surface area contributed by atoms with Gasteiger partial charge in [0, 0.05) is 12.1 Å². The summed E-state index contributed by atoms with van der Waals surface area (Å²) in [6.45, 7) is 14.4. The predicted molar refractivity (Wildman–Crippen MR) is 138 cm³/mol. The first-order chi connectivity index (χ1) is 16.5. The van der Waals surface area contributed by atoms with Crippen LogP contribution in [0.1, 0.15) is 75.8 Å². The van der Waals surface area contributed by atoms with E-state index in [-0.39, 0.29) is 30.1 Å². The summed E-state index contributed by atoms with van der Waals surface area (Å²) in [6, 6.07) is 12.5. The summed E-state index contributed by atoms with van der Waals surface area (Å²) in [5.74, 6) is -0.445. The number of amides is 1. The lowest BCUT2D eigenvalue weighted by atomic mass is 9.93. The van der Waals surface area contributed by atoms with Crippen LogP contribution >= 0.6 is 0 Å². The Hall–Kier alpha value is -3.12. The van der Waals surface area contributed by atoms with Crippen LogP contribution in [0.3, 0.4) is 0 Å². The van der Waals surface area contributed by atoms with E-state index in [0.717, 1.165) is 16.7 Å². The molecule has 1 fully saturated rings. The zero-order chi connectivity index (χ0) is 25.9. The van der Waals surface area contributed by atoms with E-state index >= 15 is 0 Å². The molecule has 1 heterocycles. The quantitative estimate of drug-likeness (QED) is 0.281. The molecule has 3 rings (SSSR count). The van der Waals surface area contributed by atoms with Crippen molar-refractivity contribution in [3.8, 4) is 5.75 Å². The second kappa shape index (κ2) is 11.1. The minimum Gasteiger partial charge on any atom is -0.507 e. The third kappa shape index (κ3) is 5.93. The van der Waals surface area contributed by atoms with Crippen LogP contribution < -0.4 is 4.74 Å². The normalized spacial score (nSPS) is 17.8. The molecule has 1 aliphatic rings. The number of aliphatic hydroxyl groups is 1. The standard InChI is InChI=1S/C29H37NO5/c1-17(2)21-8-10-22(11-9-21)26-25(28(32)29(33)30(26)14-15-34-18(3)4)27(31)23-12-13-24(20(7)16-23)35-19(5)6/h8-13,16-19,26,31H,14-15H2,1-7H3/b27-25-. The maximum Gasteiger partial charge on any atom is 0.295 e. The van der Waals surface area contributed by atoms with E-state index < -0.39 is 17.7 Å². The summed E-state index contributed by atoms with van der Waals surface area (Å²) in [5.41, 5.74) is 3.33. The summed E-state index contributed by atoms with van der Waals surface area (Å²) >= 11 is 0. The number of rotatable bonds is 9. The minimum absolute atomic E-state index is 0.00476. The third-order valence-electron chi connectivity index (χ3n) is 6.05. The van der Waals surface area contributed by atoms with E-state index in [0.29, 0.717) is 23.8 Å². The number of Topliss-reactive ketones (excluding diaryl/α,β-unsaturated/α-hetero) is 1. The lowest BCUT2D eigenvalue weighted by Gasteiger charge is -2.26. The number of aryl methyl sites for hydroxylation is 1. The summed E-state index contributed by atoms with van der Waals surface area (Å²) in [6.07, 6.45) is 0.0190. The molecule has 0 bridgehead atoms. The average Bonchev–Trinajstić information content (AvgIpc) is 3.04. The highest BCUT2D eigenvalue weighted by molar-refractivity contribution is 6.46. The number of carbonyl (C=O) groups excluding carboxylic acids is 2. The van der Waals surface area contributed by atoms with E-state index in [1.165, 1.54) is 4.90 Å². The lowest BCUT2D eigenvalue weighted by Crippen LogP contribution is -2.33. The Morgan fingerprint density at radius 3 is 2.17 bits per heavy atom. The molecule has 0 aromatic heterocycles. The Morgan fingerprint density at radius 2 is 1.63 bits per heavy atom. The van der Waals surface area contributed by atoms with Crippen molar-refractivity contribution in [1.29, 1.82) is 0 Å². The lowest BCUT2D eigenvalue weighted by molar-refractivity contribution is -0.140. The van der Waals surface area contributed by atoms with Gasteiger partial charge in [-0.3, -0.25) is 9.59 Å². The number of carbonyl (C=O) groups is 2. The SMILES string of the molecule is Cc1cc(/C(O)=C2/C(=O)C(=O)N(CCOC(C)C)C2c2ccc(C(C)C)cc2)ccc1OC(C)C. The highest BCUT2D eigenvalue weighted by Crippen LogP contribution is 2.40. The summed E-state index contributed by atoms with van der Waals surface area (Å²) < 4.78 is 11.5. The first-order valence-electron chi connectivity index (χ1n) is 12.3. The highest BCUT2D eigenvalue weighted by Gasteiger charge is 2.46. The van der Waals surface area contributed by atoms with E-state index in [1.807, 2.05) is 58.9 Å². The van der Waals surface area contributed by atoms with Crippen LogP contribution in [-0.2, 0) is 14.3 Å². The van der Waals surface area contributed by atoms with Crippen LogP contribution in [0.2, 0.25) is 0 Å². The number of nitrogens with zero attached hydrogens (tertiary/aromatic N) is 1. The Kier molecular flexibility index (Phi) is 8.39. The number of ether oxygens (including phenoxy) is 2. The molecule has 35 heavy (non-hydrogen) atoms. The van der Waals surface area contributed by atoms with E-state index in [1.54, 1.807) is 18.2 Å². The topological polar surface area (TPSA) is 76.1 Å². The van der Waals surface area contributed by atoms with Gasteiger partial charge in [0.15, 0.2) is 0 Å². The van der Waals surface area contributed by atoms with Crippen molar-refractivity contribution in [1.82, 2.24) is 4.90 Å². The van der Waals surface area contributed by atoms with E-state index in [4.69, 9.17) is 9.47 Å². The molecule has 2 aromatic rings. The van der Waals surface area contributed by atoms with Crippen LogP contribution in [0.5, 0.6) is 5.75 Å². The molecule has 6 nitrogen and oxygen atoms in total. The first kappa shape index (κ1) is 26.5. The molecule has 0 aliphatic carbocycles. The molecule has 1 aliphatic heterocycles. The van der Waals surface area contributed by atoms with Gasteiger partial charge in [0.05, 0.1) is 30.4 Å². The van der Waals surface area contributed by atoms with Crippen LogP contribution in [0.25, 0.3) is 5.76 Å². The highest BCUT2D eigenvalue weighted by atomic mass is 16.5. The number of hydrogen-bond acceptors (Lipinski definition) is 5. The third-order valence-corrected chi connectivity index (χ3v) is 6.05. The van der Waals surface area contributed by atoms with Crippen LogP contribution in [0.15, 0.2) is 48.0 Å². The van der Waals surface area contributed by atoms with Crippen molar-refractivity contribution >= 4 is 17.4 Å². The number of benzene rings is 2. The summed E-state index contributed by atoms with van der Waals surface area (Å²) in [4.78, 5) is 27.8. The van der Waals surface area contributed by atoms with Crippen LogP contribution in [0.4, 0.5) is 0 Å². The Bertz CT molecular complexity index is 1100. The zero-order valence-corrected chi connectivity index (χ0v) is 21.8. The van der Waals surface area contributed by atoms with E-state index in [2.05, 4.69) is 13.8 Å². The zero-order valence-electron chi connectivity index (χ0n) is 21.8. The summed E-state index contributed by atoms with van der Waals surface area (Å²) in [5, 5.41) is 11.3. The molecule has 1 unspecified atom stereocenters. The van der Waals surface area contributed by atoms with Gasteiger partial charge in [0.25, 0.3) is 11.7 Å². The number of aliphatic hydroxyl groups excluding tert-OH is 1. The molecular weight excluding hydrogens is 442 g/mol. The van der Waals surface area contributed by atoms with Crippen LogP contribution in [0, 0.1) is 6.92 Å².